The molecule has 10 heteroatoms. The van der Waals surface area contributed by atoms with E-state index in [4.69, 9.17) is 27.7 Å². The molecule has 2 aromatic carbocycles. The third kappa shape index (κ3) is 4.20. The van der Waals surface area contributed by atoms with Gasteiger partial charge < -0.3 is 14.9 Å². The van der Waals surface area contributed by atoms with Crippen LogP contribution in [0.5, 0.6) is 5.75 Å². The predicted octanol–water partition coefficient (Wildman–Crippen LogP) is 5.20. The molecule has 2 N–H and O–H groups in total. The van der Waals surface area contributed by atoms with Crippen LogP contribution >= 0.6 is 55.1 Å². The minimum absolute atomic E-state index is 0.0526. The van der Waals surface area contributed by atoms with Gasteiger partial charge in [-0.25, -0.2) is 0 Å². The number of aromatic nitrogens is 2. The molecule has 1 amide bonds. The van der Waals surface area contributed by atoms with Crippen molar-refractivity contribution in [2.24, 2.45) is 0 Å². The molecule has 26 heavy (non-hydrogen) atoms. The van der Waals surface area contributed by atoms with Crippen LogP contribution in [0, 0.1) is 0 Å². The zero-order chi connectivity index (χ0) is 18.8. The molecule has 0 unspecified atom stereocenters. The SMILES string of the molecule is O=C(NCc1ccc(Cl)c(Cl)c1)c1nc(-c2cc(Br)c(O)c(Br)c2)no1. The number of aromatic hydroxyl groups is 1. The molecule has 6 nitrogen and oxygen atoms in total. The van der Waals surface area contributed by atoms with E-state index in [9.17, 15) is 9.90 Å². The van der Waals surface area contributed by atoms with Gasteiger partial charge in [-0.05, 0) is 61.7 Å². The Morgan fingerprint density at radius 1 is 1.15 bits per heavy atom. The molecule has 0 aliphatic carbocycles. The average molecular weight is 522 g/mol. The van der Waals surface area contributed by atoms with Gasteiger partial charge in [0.15, 0.2) is 0 Å². The van der Waals surface area contributed by atoms with Crippen molar-refractivity contribution >= 4 is 61.0 Å². The van der Waals surface area contributed by atoms with E-state index >= 15 is 0 Å². The number of phenolic OH excluding ortho intramolecular Hbond substituents is 1. The van der Waals surface area contributed by atoms with Crippen LogP contribution in [0.15, 0.2) is 43.8 Å². The number of phenols is 1. The monoisotopic (exact) mass is 519 g/mol. The summed E-state index contributed by atoms with van der Waals surface area (Å²) in [5.74, 6) is -0.435. The maximum atomic E-state index is 12.2. The third-order valence-electron chi connectivity index (χ3n) is 3.33. The second-order valence-corrected chi connectivity index (χ2v) is 7.67. The van der Waals surface area contributed by atoms with Crippen molar-refractivity contribution in [1.29, 1.82) is 0 Å². The fourth-order valence-electron chi connectivity index (χ4n) is 2.04. The van der Waals surface area contributed by atoms with E-state index in [1.165, 1.54) is 0 Å². The van der Waals surface area contributed by atoms with Gasteiger partial charge >= 0.3 is 11.8 Å². The molecule has 0 saturated carbocycles. The number of amides is 1. The zero-order valence-corrected chi connectivity index (χ0v) is 17.4. The number of nitrogens with zero attached hydrogens (tertiary/aromatic N) is 2. The van der Waals surface area contributed by atoms with Crippen LogP contribution in [0.4, 0.5) is 0 Å². The summed E-state index contributed by atoms with van der Waals surface area (Å²) in [6.45, 7) is 0.226. The summed E-state index contributed by atoms with van der Waals surface area (Å²) in [7, 11) is 0. The van der Waals surface area contributed by atoms with Crippen molar-refractivity contribution in [1.82, 2.24) is 15.5 Å². The number of hydrogen-bond acceptors (Lipinski definition) is 5. The Morgan fingerprint density at radius 2 is 1.85 bits per heavy atom. The lowest BCUT2D eigenvalue weighted by Gasteiger charge is -2.04. The van der Waals surface area contributed by atoms with Crippen LogP contribution in [0.2, 0.25) is 10.0 Å². The fourth-order valence-corrected chi connectivity index (χ4v) is 3.54. The second-order valence-electron chi connectivity index (χ2n) is 5.14. The van der Waals surface area contributed by atoms with E-state index in [0.717, 1.165) is 5.56 Å². The van der Waals surface area contributed by atoms with Gasteiger partial charge in [-0.1, -0.05) is 34.4 Å². The van der Waals surface area contributed by atoms with E-state index in [1.807, 2.05) is 0 Å². The predicted molar refractivity (Wildman–Crippen MR) is 104 cm³/mol. The fraction of sp³-hybridized carbons (Fsp3) is 0.0625. The highest BCUT2D eigenvalue weighted by atomic mass is 79.9. The highest BCUT2D eigenvalue weighted by Gasteiger charge is 2.17. The summed E-state index contributed by atoms with van der Waals surface area (Å²) in [5.41, 5.74) is 1.34. The molecule has 3 rings (SSSR count). The van der Waals surface area contributed by atoms with E-state index in [0.29, 0.717) is 24.6 Å². The number of hydrogen-bond donors (Lipinski definition) is 2. The van der Waals surface area contributed by atoms with Gasteiger partial charge in [-0.3, -0.25) is 4.79 Å². The van der Waals surface area contributed by atoms with E-state index < -0.39 is 5.91 Å². The summed E-state index contributed by atoms with van der Waals surface area (Å²) in [5, 5.41) is 17.0. The number of halogens is 4. The topological polar surface area (TPSA) is 88.2 Å². The van der Waals surface area contributed by atoms with Crippen molar-refractivity contribution < 1.29 is 14.4 Å². The van der Waals surface area contributed by atoms with E-state index in [1.54, 1.807) is 30.3 Å². The normalized spacial score (nSPS) is 10.8. The zero-order valence-electron chi connectivity index (χ0n) is 12.8. The van der Waals surface area contributed by atoms with Crippen LogP contribution in [-0.2, 0) is 6.54 Å². The van der Waals surface area contributed by atoms with Crippen molar-refractivity contribution in [2.45, 2.75) is 6.54 Å². The second kappa shape index (κ2) is 7.96. The van der Waals surface area contributed by atoms with Gasteiger partial charge in [0.05, 0.1) is 19.0 Å². The van der Waals surface area contributed by atoms with Crippen molar-refractivity contribution in [3.63, 3.8) is 0 Å². The van der Waals surface area contributed by atoms with Gasteiger partial charge in [0.2, 0.25) is 5.82 Å². The Bertz CT molecular complexity index is 972. The quantitative estimate of drug-likeness (QED) is 0.492. The maximum absolute atomic E-state index is 12.2. The Labute approximate surface area is 174 Å². The number of benzene rings is 2. The van der Waals surface area contributed by atoms with Crippen molar-refractivity contribution in [3.8, 4) is 17.1 Å². The highest BCUT2D eigenvalue weighted by molar-refractivity contribution is 9.11. The van der Waals surface area contributed by atoms with Gasteiger partial charge in [-0.15, -0.1) is 0 Å². The Hall–Kier alpha value is -1.61. The van der Waals surface area contributed by atoms with E-state index in [2.05, 4.69) is 47.3 Å². The minimum Gasteiger partial charge on any atom is -0.506 e. The lowest BCUT2D eigenvalue weighted by molar-refractivity contribution is 0.0907. The molecule has 0 radical (unpaired) electrons. The summed E-state index contributed by atoms with van der Waals surface area (Å²) in [6.07, 6.45) is 0. The summed E-state index contributed by atoms with van der Waals surface area (Å²) >= 11 is 18.3. The first-order chi connectivity index (χ1) is 12.3. The Balaban J connectivity index is 1.73. The summed E-state index contributed by atoms with van der Waals surface area (Å²) in [4.78, 5) is 16.3. The number of nitrogens with one attached hydrogen (secondary N) is 1. The van der Waals surface area contributed by atoms with Crippen LogP contribution in [0.1, 0.15) is 16.2 Å². The number of carbonyl (C=O) groups is 1. The number of rotatable bonds is 4. The molecule has 1 aromatic heterocycles. The summed E-state index contributed by atoms with van der Waals surface area (Å²) < 4.78 is 5.92. The molecule has 0 bridgehead atoms. The van der Waals surface area contributed by atoms with Crippen molar-refractivity contribution in [2.75, 3.05) is 0 Å². The Kier molecular flexibility index (Phi) is 5.86. The molecular weight excluding hydrogens is 513 g/mol. The third-order valence-corrected chi connectivity index (χ3v) is 5.28. The average Bonchev–Trinajstić information content (AvgIpc) is 3.10. The standard InChI is InChI=1S/C16H9Br2Cl2N3O3/c17-9-4-8(5-10(18)13(9)24)14-22-16(26-23-14)15(25)21-6-7-1-2-11(19)12(20)3-7/h1-5,24H,6H2,(H,21,25). The molecule has 0 saturated heterocycles. The first-order valence-electron chi connectivity index (χ1n) is 7.09. The molecule has 0 aliphatic heterocycles. The smallest absolute Gasteiger partial charge is 0.316 e. The lowest BCUT2D eigenvalue weighted by atomic mass is 10.2. The van der Waals surface area contributed by atoms with Crippen LogP contribution < -0.4 is 5.32 Å². The molecule has 1 heterocycles. The van der Waals surface area contributed by atoms with Gasteiger partial charge in [0.1, 0.15) is 5.75 Å². The molecule has 0 aliphatic rings. The van der Waals surface area contributed by atoms with Gasteiger partial charge in [0.25, 0.3) is 0 Å². The highest BCUT2D eigenvalue weighted by Crippen LogP contribution is 2.36. The first-order valence-corrected chi connectivity index (χ1v) is 9.43. The van der Waals surface area contributed by atoms with Gasteiger partial charge in [0, 0.05) is 12.1 Å². The minimum atomic E-state index is -0.522. The van der Waals surface area contributed by atoms with Crippen LogP contribution in [0.3, 0.4) is 0 Å². The molecular formula is C16H9Br2Cl2N3O3. The molecule has 0 atom stereocenters. The van der Waals surface area contributed by atoms with Crippen LogP contribution in [0.25, 0.3) is 11.4 Å². The maximum Gasteiger partial charge on any atom is 0.316 e. The van der Waals surface area contributed by atoms with Gasteiger partial charge in [-0.2, -0.15) is 4.98 Å². The number of carbonyl (C=O) groups excluding carboxylic acids is 1. The molecule has 134 valence electrons. The van der Waals surface area contributed by atoms with Crippen LogP contribution in [-0.4, -0.2) is 21.2 Å². The first kappa shape index (κ1) is 19.2. The lowest BCUT2D eigenvalue weighted by Crippen LogP contribution is -2.23. The van der Waals surface area contributed by atoms with Crippen molar-refractivity contribution in [3.05, 3.63) is 60.8 Å². The molecule has 0 fully saturated rings. The molecule has 0 spiro atoms. The Morgan fingerprint density at radius 3 is 2.50 bits per heavy atom. The van der Waals surface area contributed by atoms with E-state index in [-0.39, 0.29) is 24.0 Å². The molecule has 3 aromatic rings. The largest absolute Gasteiger partial charge is 0.506 e. The summed E-state index contributed by atoms with van der Waals surface area (Å²) in [6, 6.07) is 8.29.